The van der Waals surface area contributed by atoms with Gasteiger partial charge in [-0.05, 0) is 36.1 Å². The highest BCUT2D eigenvalue weighted by atomic mass is 16.3. The van der Waals surface area contributed by atoms with Gasteiger partial charge in [-0.25, -0.2) is 0 Å². The van der Waals surface area contributed by atoms with Crippen LogP contribution in [0.3, 0.4) is 0 Å². The molecule has 0 amide bonds. The molecule has 2 nitrogen and oxygen atoms in total. The Morgan fingerprint density at radius 2 is 1.21 bits per heavy atom. The molecule has 2 heteroatoms. The van der Waals surface area contributed by atoms with Crippen molar-refractivity contribution in [2.75, 3.05) is 0 Å². The molecule has 100 valence electrons. The Hall–Kier alpha value is -1.96. The van der Waals surface area contributed by atoms with E-state index in [1.165, 1.54) is 11.1 Å². The van der Waals surface area contributed by atoms with Crippen LogP contribution in [-0.4, -0.2) is 10.2 Å². The van der Waals surface area contributed by atoms with Gasteiger partial charge >= 0.3 is 0 Å². The summed E-state index contributed by atoms with van der Waals surface area (Å²) in [6.45, 7) is 12.1. The first-order chi connectivity index (χ1) is 8.82. The van der Waals surface area contributed by atoms with Gasteiger partial charge in [-0.2, -0.15) is 0 Å². The van der Waals surface area contributed by atoms with E-state index in [4.69, 9.17) is 0 Å². The van der Waals surface area contributed by atoms with Gasteiger partial charge in [0.2, 0.25) is 0 Å². The van der Waals surface area contributed by atoms with E-state index in [1.54, 1.807) is 12.2 Å². The molecule has 0 saturated heterocycles. The zero-order valence-corrected chi connectivity index (χ0v) is 11.5. The predicted molar refractivity (Wildman–Crippen MR) is 78.9 cm³/mol. The minimum absolute atomic E-state index is 0.139. The number of aliphatic hydroxyl groups excluding tert-OH is 2. The van der Waals surface area contributed by atoms with Gasteiger partial charge in [0, 0.05) is 5.41 Å². The molecule has 2 aliphatic rings. The molecular weight excluding hydrogens is 236 g/mol. The van der Waals surface area contributed by atoms with E-state index in [1.807, 2.05) is 12.2 Å². The van der Waals surface area contributed by atoms with E-state index in [-0.39, 0.29) is 16.9 Å². The molecule has 2 N–H and O–H groups in total. The first-order valence-electron chi connectivity index (χ1n) is 6.39. The van der Waals surface area contributed by atoms with Crippen molar-refractivity contribution in [3.63, 3.8) is 0 Å². The van der Waals surface area contributed by atoms with E-state index in [9.17, 15) is 10.2 Å². The third kappa shape index (κ3) is 2.43. The Morgan fingerprint density at radius 1 is 0.842 bits per heavy atom. The van der Waals surface area contributed by atoms with E-state index >= 15 is 0 Å². The molecule has 2 rings (SSSR count). The molecule has 2 aliphatic carbocycles. The maximum atomic E-state index is 9.59. The number of hydrogen-bond acceptors (Lipinski definition) is 2. The van der Waals surface area contributed by atoms with Gasteiger partial charge in [0.15, 0.2) is 0 Å². The molecule has 0 unspecified atom stereocenters. The van der Waals surface area contributed by atoms with Gasteiger partial charge in [0.25, 0.3) is 0 Å². The van der Waals surface area contributed by atoms with E-state index in [2.05, 4.69) is 27.0 Å². The van der Waals surface area contributed by atoms with Crippen molar-refractivity contribution in [2.45, 2.75) is 26.7 Å². The lowest BCUT2D eigenvalue weighted by Gasteiger charge is -2.34. The quantitative estimate of drug-likeness (QED) is 0.753. The minimum atomic E-state index is -0.139. The SMILES string of the molecule is C=C1CC(C(C)(C)C2=CC=C(O)C(=C)C2)=CC=C1O. The normalized spacial score (nSPS) is 20.5. The second kappa shape index (κ2) is 4.61. The lowest BCUT2D eigenvalue weighted by atomic mass is 9.70. The average molecular weight is 256 g/mol. The number of hydrogen-bond donors (Lipinski definition) is 2. The van der Waals surface area contributed by atoms with Crippen molar-refractivity contribution in [1.82, 2.24) is 0 Å². The van der Waals surface area contributed by atoms with Crippen LogP contribution in [-0.2, 0) is 0 Å². The summed E-state index contributed by atoms with van der Waals surface area (Å²) >= 11 is 0. The lowest BCUT2D eigenvalue weighted by Crippen LogP contribution is -2.21. The van der Waals surface area contributed by atoms with Crippen molar-refractivity contribution in [1.29, 1.82) is 0 Å². The monoisotopic (exact) mass is 256 g/mol. The molecule has 0 saturated carbocycles. The Bertz CT molecular complexity index is 516. The molecule has 19 heavy (non-hydrogen) atoms. The largest absolute Gasteiger partial charge is 0.508 e. The molecule has 0 bridgehead atoms. The van der Waals surface area contributed by atoms with Gasteiger partial charge in [-0.15, -0.1) is 0 Å². The Balaban J connectivity index is 2.34. The summed E-state index contributed by atoms with van der Waals surface area (Å²) < 4.78 is 0. The molecule has 0 aliphatic heterocycles. The molecule has 0 aromatic rings. The molecular formula is C17H20O2. The van der Waals surface area contributed by atoms with Crippen molar-refractivity contribution in [3.05, 3.63) is 71.3 Å². The van der Waals surface area contributed by atoms with Crippen LogP contribution in [0.1, 0.15) is 26.7 Å². The van der Waals surface area contributed by atoms with E-state index in [0.717, 1.165) is 11.1 Å². The molecule has 0 atom stereocenters. The first-order valence-corrected chi connectivity index (χ1v) is 6.39. The second-order valence-electron chi connectivity index (χ2n) is 5.67. The zero-order valence-electron chi connectivity index (χ0n) is 11.5. The number of rotatable bonds is 2. The topological polar surface area (TPSA) is 40.5 Å². The van der Waals surface area contributed by atoms with Crippen LogP contribution in [0.25, 0.3) is 0 Å². The van der Waals surface area contributed by atoms with Gasteiger partial charge in [-0.3, -0.25) is 0 Å². The maximum Gasteiger partial charge on any atom is 0.118 e. The number of allylic oxidation sites excluding steroid dienone is 8. The second-order valence-corrected chi connectivity index (χ2v) is 5.67. The summed E-state index contributed by atoms with van der Waals surface area (Å²) in [6.07, 6.45) is 8.68. The van der Waals surface area contributed by atoms with Gasteiger partial charge in [-0.1, -0.05) is 50.3 Å². The zero-order chi connectivity index (χ0) is 14.2. The van der Waals surface area contributed by atoms with Gasteiger partial charge in [0.05, 0.1) is 0 Å². The van der Waals surface area contributed by atoms with Crippen LogP contribution in [0.2, 0.25) is 0 Å². The van der Waals surface area contributed by atoms with Crippen LogP contribution in [0, 0.1) is 5.41 Å². The van der Waals surface area contributed by atoms with Crippen LogP contribution in [0.5, 0.6) is 0 Å². The van der Waals surface area contributed by atoms with Gasteiger partial charge < -0.3 is 10.2 Å². The summed E-state index contributed by atoms with van der Waals surface area (Å²) in [6, 6.07) is 0. The van der Waals surface area contributed by atoms with Crippen LogP contribution in [0.15, 0.2) is 71.3 Å². The van der Waals surface area contributed by atoms with Crippen molar-refractivity contribution < 1.29 is 10.2 Å². The standard InChI is InChI=1S/C17H20O2/c1-11-9-13(5-7-15(11)18)17(3,4)14-6-8-16(19)12(2)10-14/h5-8,18-19H,1-2,9-10H2,3-4H3. The Kier molecular flexibility index (Phi) is 3.27. The fourth-order valence-electron chi connectivity index (χ4n) is 2.42. The summed E-state index contributed by atoms with van der Waals surface area (Å²) in [5.74, 6) is 0.526. The fourth-order valence-corrected chi connectivity index (χ4v) is 2.42. The smallest absolute Gasteiger partial charge is 0.118 e. The molecule has 0 aromatic heterocycles. The van der Waals surface area contributed by atoms with Crippen LogP contribution in [0.4, 0.5) is 0 Å². The molecule has 0 spiro atoms. The third-order valence-corrected chi connectivity index (χ3v) is 4.02. The average Bonchev–Trinajstić information content (AvgIpc) is 2.35. The highest BCUT2D eigenvalue weighted by Gasteiger charge is 2.31. The van der Waals surface area contributed by atoms with Crippen LogP contribution < -0.4 is 0 Å². The van der Waals surface area contributed by atoms with E-state index < -0.39 is 0 Å². The highest BCUT2D eigenvalue weighted by molar-refractivity contribution is 5.46. The van der Waals surface area contributed by atoms with Crippen molar-refractivity contribution in [3.8, 4) is 0 Å². The van der Waals surface area contributed by atoms with Gasteiger partial charge in [0.1, 0.15) is 11.5 Å². The summed E-state index contributed by atoms with van der Waals surface area (Å²) in [5.41, 5.74) is 3.78. The third-order valence-electron chi connectivity index (χ3n) is 4.02. The lowest BCUT2D eigenvalue weighted by molar-refractivity contribution is 0.407. The van der Waals surface area contributed by atoms with Crippen molar-refractivity contribution in [2.24, 2.45) is 5.41 Å². The van der Waals surface area contributed by atoms with E-state index in [0.29, 0.717) is 12.8 Å². The highest BCUT2D eigenvalue weighted by Crippen LogP contribution is 2.44. The minimum Gasteiger partial charge on any atom is -0.508 e. The first kappa shape index (κ1) is 13.5. The molecule has 0 radical (unpaired) electrons. The molecule has 0 aromatic carbocycles. The maximum absolute atomic E-state index is 9.59. The predicted octanol–water partition coefficient (Wildman–Crippen LogP) is 4.67. The van der Waals surface area contributed by atoms with Crippen LogP contribution >= 0.6 is 0 Å². The fraction of sp³-hybridized carbons (Fsp3) is 0.294. The molecule has 0 heterocycles. The Morgan fingerprint density at radius 3 is 1.53 bits per heavy atom. The Labute approximate surface area is 114 Å². The molecule has 0 fully saturated rings. The summed E-state index contributed by atoms with van der Waals surface area (Å²) in [4.78, 5) is 0. The summed E-state index contributed by atoms with van der Waals surface area (Å²) in [5, 5.41) is 19.2. The summed E-state index contributed by atoms with van der Waals surface area (Å²) in [7, 11) is 0. The number of aliphatic hydroxyl groups is 2. The van der Waals surface area contributed by atoms with Crippen molar-refractivity contribution >= 4 is 0 Å².